The van der Waals surface area contributed by atoms with Crippen molar-refractivity contribution in [1.29, 1.82) is 0 Å². The molecule has 3 heterocycles. The molecule has 126 valence electrons. The van der Waals surface area contributed by atoms with Crippen LogP contribution in [-0.4, -0.2) is 55.7 Å². The number of rotatable bonds is 4. The van der Waals surface area contributed by atoms with Gasteiger partial charge in [0.05, 0.1) is 12.7 Å². The smallest absolute Gasteiger partial charge is 0.122 e. The van der Waals surface area contributed by atoms with Crippen LogP contribution in [-0.2, 0) is 25.6 Å². The number of nitrogens with zero attached hydrogens (tertiary/aromatic N) is 5. The highest BCUT2D eigenvalue weighted by atomic mass is 15.3. The van der Waals surface area contributed by atoms with Gasteiger partial charge in [-0.15, -0.1) is 0 Å². The monoisotopic (exact) mass is 316 g/mol. The third-order valence-corrected chi connectivity index (χ3v) is 4.61. The van der Waals surface area contributed by atoms with Crippen LogP contribution < -0.4 is 0 Å². The molecule has 0 unspecified atom stereocenters. The van der Waals surface area contributed by atoms with E-state index in [0.717, 1.165) is 45.1 Å². The van der Waals surface area contributed by atoms with Crippen molar-refractivity contribution in [3.8, 4) is 0 Å². The van der Waals surface area contributed by atoms with Crippen molar-refractivity contribution in [3.05, 3.63) is 35.7 Å². The van der Waals surface area contributed by atoms with Crippen molar-refractivity contribution in [2.75, 3.05) is 26.2 Å². The van der Waals surface area contributed by atoms with Gasteiger partial charge in [0.2, 0.25) is 0 Å². The van der Waals surface area contributed by atoms with Crippen LogP contribution in [0, 0.1) is 0 Å². The Kier molecular flexibility index (Phi) is 4.55. The Morgan fingerprint density at radius 1 is 1.09 bits per heavy atom. The second-order valence-electron chi connectivity index (χ2n) is 7.53. The Balaban J connectivity index is 1.54. The Hall–Kier alpha value is -1.66. The van der Waals surface area contributed by atoms with Crippen LogP contribution in [0.3, 0.4) is 0 Å². The summed E-state index contributed by atoms with van der Waals surface area (Å²) in [5.41, 5.74) is 2.70. The molecule has 0 atom stereocenters. The average molecular weight is 316 g/mol. The number of nitrogens with one attached hydrogen (secondary N) is 1. The molecule has 0 spiro atoms. The van der Waals surface area contributed by atoms with Gasteiger partial charge in [-0.2, -0.15) is 5.10 Å². The summed E-state index contributed by atoms with van der Waals surface area (Å²) in [6.07, 6.45) is 5.87. The van der Waals surface area contributed by atoms with Gasteiger partial charge in [0, 0.05) is 68.8 Å². The number of aromatic amines is 1. The predicted octanol–water partition coefficient (Wildman–Crippen LogP) is 1.76. The van der Waals surface area contributed by atoms with E-state index in [-0.39, 0.29) is 5.41 Å². The van der Waals surface area contributed by atoms with Crippen molar-refractivity contribution < 1.29 is 0 Å². The highest BCUT2D eigenvalue weighted by Crippen LogP contribution is 2.24. The van der Waals surface area contributed by atoms with Crippen LogP contribution in [0.4, 0.5) is 0 Å². The summed E-state index contributed by atoms with van der Waals surface area (Å²) >= 11 is 0. The van der Waals surface area contributed by atoms with Crippen LogP contribution in [0.1, 0.15) is 37.9 Å². The zero-order chi connectivity index (χ0) is 16.4. The van der Waals surface area contributed by atoms with Crippen LogP contribution in [0.2, 0.25) is 0 Å². The van der Waals surface area contributed by atoms with E-state index < -0.39 is 0 Å². The van der Waals surface area contributed by atoms with E-state index >= 15 is 0 Å². The lowest BCUT2D eigenvalue weighted by Crippen LogP contribution is -2.45. The molecule has 6 nitrogen and oxygen atoms in total. The first kappa shape index (κ1) is 16.2. The summed E-state index contributed by atoms with van der Waals surface area (Å²) in [5.74, 6) is 1.14. The van der Waals surface area contributed by atoms with E-state index in [1.807, 2.05) is 18.6 Å². The minimum atomic E-state index is 0.117. The zero-order valence-electron chi connectivity index (χ0n) is 14.7. The molecular formula is C17H28N6. The van der Waals surface area contributed by atoms with Crippen molar-refractivity contribution in [1.82, 2.24) is 29.5 Å². The van der Waals surface area contributed by atoms with Crippen molar-refractivity contribution in [3.63, 3.8) is 0 Å². The van der Waals surface area contributed by atoms with E-state index in [4.69, 9.17) is 0 Å². The van der Waals surface area contributed by atoms with Gasteiger partial charge in [0.1, 0.15) is 5.82 Å². The standard InChI is InChI=1S/C17H28N6/c1-17(2,3)16-14(11-19-20-16)12-22-7-9-23(10-8-22)13-15-18-5-6-21(15)4/h5-6,11H,7-10,12-13H2,1-4H3,(H,19,20). The Morgan fingerprint density at radius 2 is 1.74 bits per heavy atom. The van der Waals surface area contributed by atoms with Gasteiger partial charge in [-0.05, 0) is 0 Å². The van der Waals surface area contributed by atoms with Gasteiger partial charge in [0.25, 0.3) is 0 Å². The van der Waals surface area contributed by atoms with Gasteiger partial charge in [-0.1, -0.05) is 20.8 Å². The van der Waals surface area contributed by atoms with Crippen molar-refractivity contribution >= 4 is 0 Å². The molecule has 2 aromatic rings. The molecule has 0 saturated carbocycles. The average Bonchev–Trinajstić information content (AvgIpc) is 3.10. The molecule has 1 fully saturated rings. The van der Waals surface area contributed by atoms with E-state index in [1.54, 1.807) is 0 Å². The molecule has 6 heteroatoms. The van der Waals surface area contributed by atoms with Crippen molar-refractivity contribution in [2.24, 2.45) is 7.05 Å². The lowest BCUT2D eigenvalue weighted by atomic mass is 9.89. The molecular weight excluding hydrogens is 288 g/mol. The molecule has 3 rings (SSSR count). The number of H-pyrrole nitrogens is 1. The van der Waals surface area contributed by atoms with Crippen LogP contribution in [0.5, 0.6) is 0 Å². The summed E-state index contributed by atoms with van der Waals surface area (Å²) in [5, 5.41) is 7.44. The number of hydrogen-bond donors (Lipinski definition) is 1. The summed E-state index contributed by atoms with van der Waals surface area (Å²) in [4.78, 5) is 9.43. The normalized spacial score (nSPS) is 17.7. The van der Waals surface area contributed by atoms with E-state index in [0.29, 0.717) is 0 Å². The fourth-order valence-electron chi connectivity index (χ4n) is 3.18. The predicted molar refractivity (Wildman–Crippen MR) is 91.0 cm³/mol. The molecule has 23 heavy (non-hydrogen) atoms. The molecule has 0 aromatic carbocycles. The summed E-state index contributed by atoms with van der Waals surface area (Å²) in [6.45, 7) is 13.0. The maximum Gasteiger partial charge on any atom is 0.122 e. The van der Waals surface area contributed by atoms with Crippen LogP contribution >= 0.6 is 0 Å². The molecule has 1 aliphatic rings. The number of hydrogen-bond acceptors (Lipinski definition) is 4. The van der Waals surface area contributed by atoms with Gasteiger partial charge in [-0.25, -0.2) is 4.98 Å². The maximum atomic E-state index is 4.42. The summed E-state index contributed by atoms with van der Waals surface area (Å²) in [7, 11) is 2.06. The lowest BCUT2D eigenvalue weighted by Gasteiger charge is -2.34. The molecule has 1 N–H and O–H groups in total. The molecule has 0 aliphatic carbocycles. The van der Waals surface area contributed by atoms with E-state index in [9.17, 15) is 0 Å². The molecule has 0 bridgehead atoms. The Bertz CT molecular complexity index is 628. The SMILES string of the molecule is Cn1ccnc1CN1CCN(Cc2cn[nH]c2C(C)(C)C)CC1. The third kappa shape index (κ3) is 3.82. The Labute approximate surface area is 138 Å². The lowest BCUT2D eigenvalue weighted by molar-refractivity contribution is 0.118. The second-order valence-corrected chi connectivity index (χ2v) is 7.53. The fourth-order valence-corrected chi connectivity index (χ4v) is 3.18. The van der Waals surface area contributed by atoms with E-state index in [1.165, 1.54) is 11.3 Å². The highest BCUT2D eigenvalue weighted by Gasteiger charge is 2.23. The number of piperazine rings is 1. The van der Waals surface area contributed by atoms with Crippen LogP contribution in [0.25, 0.3) is 0 Å². The van der Waals surface area contributed by atoms with Gasteiger partial charge >= 0.3 is 0 Å². The number of aryl methyl sites for hydroxylation is 1. The first-order chi connectivity index (χ1) is 10.9. The van der Waals surface area contributed by atoms with Gasteiger partial charge in [-0.3, -0.25) is 14.9 Å². The second kappa shape index (κ2) is 6.45. The molecule has 2 aromatic heterocycles. The van der Waals surface area contributed by atoms with E-state index in [2.05, 4.69) is 57.4 Å². The molecule has 1 aliphatic heterocycles. The number of imidazole rings is 1. The first-order valence-corrected chi connectivity index (χ1v) is 8.37. The zero-order valence-corrected chi connectivity index (χ0v) is 14.7. The number of aromatic nitrogens is 4. The highest BCUT2D eigenvalue weighted by molar-refractivity contribution is 5.23. The Morgan fingerprint density at radius 3 is 2.30 bits per heavy atom. The molecule has 0 amide bonds. The topological polar surface area (TPSA) is 53.0 Å². The quantitative estimate of drug-likeness (QED) is 0.934. The largest absolute Gasteiger partial charge is 0.337 e. The summed E-state index contributed by atoms with van der Waals surface area (Å²) < 4.78 is 2.10. The van der Waals surface area contributed by atoms with Gasteiger partial charge < -0.3 is 4.57 Å². The van der Waals surface area contributed by atoms with Gasteiger partial charge in [0.15, 0.2) is 0 Å². The van der Waals surface area contributed by atoms with Crippen LogP contribution in [0.15, 0.2) is 18.6 Å². The fraction of sp³-hybridized carbons (Fsp3) is 0.647. The molecule has 1 saturated heterocycles. The maximum absolute atomic E-state index is 4.42. The minimum absolute atomic E-state index is 0.117. The third-order valence-electron chi connectivity index (χ3n) is 4.61. The molecule has 0 radical (unpaired) electrons. The first-order valence-electron chi connectivity index (χ1n) is 8.37. The minimum Gasteiger partial charge on any atom is -0.337 e. The van der Waals surface area contributed by atoms with Crippen molar-refractivity contribution in [2.45, 2.75) is 39.3 Å². The summed E-state index contributed by atoms with van der Waals surface area (Å²) in [6, 6.07) is 0.